The first-order valence-electron chi connectivity index (χ1n) is 8.34. The van der Waals surface area contributed by atoms with Crippen LogP contribution in [0.3, 0.4) is 0 Å². The highest BCUT2D eigenvalue weighted by molar-refractivity contribution is 5.52. The molecule has 3 nitrogen and oxygen atoms in total. The average Bonchev–Trinajstić information content (AvgIpc) is 2.78. The number of allylic oxidation sites excluding steroid dienone is 2. The summed E-state index contributed by atoms with van der Waals surface area (Å²) < 4.78 is 0. The van der Waals surface area contributed by atoms with Crippen LogP contribution in [0.4, 0.5) is 0 Å². The second kappa shape index (κ2) is 6.46. The van der Waals surface area contributed by atoms with Crippen LogP contribution in [0, 0.1) is 28.6 Å². The standard InChI is InChI=1S/C18H23N3/c19-12-15-11-14-7-3-1-4-8-16(14)18(17(15)13-20)21-9-5-2-6-10-21/h11,16,18H,1-10H2/t16?,18-/m1/s1. The first-order chi connectivity index (χ1) is 10.3. The van der Waals surface area contributed by atoms with Gasteiger partial charge in [0.2, 0.25) is 0 Å². The van der Waals surface area contributed by atoms with Crippen molar-refractivity contribution in [2.75, 3.05) is 13.1 Å². The molecular weight excluding hydrogens is 258 g/mol. The average molecular weight is 281 g/mol. The molecule has 3 aliphatic rings. The van der Waals surface area contributed by atoms with Gasteiger partial charge in [-0.25, -0.2) is 0 Å². The van der Waals surface area contributed by atoms with E-state index in [-0.39, 0.29) is 6.04 Å². The Labute approximate surface area is 127 Å². The normalized spacial score (nSPS) is 30.7. The summed E-state index contributed by atoms with van der Waals surface area (Å²) in [6.07, 6.45) is 11.8. The Balaban J connectivity index is 2.00. The minimum absolute atomic E-state index is 0.169. The van der Waals surface area contributed by atoms with Crippen molar-refractivity contribution in [3.05, 3.63) is 22.8 Å². The SMILES string of the molecule is N#CC1=C(C#N)[C@H](N2CCCCC2)C2CCCCCC2=C1. The van der Waals surface area contributed by atoms with E-state index in [1.807, 2.05) is 6.08 Å². The largest absolute Gasteiger partial charge is 0.295 e. The fourth-order valence-corrected chi connectivity index (χ4v) is 4.26. The van der Waals surface area contributed by atoms with Gasteiger partial charge in [-0.3, -0.25) is 4.90 Å². The maximum absolute atomic E-state index is 9.64. The summed E-state index contributed by atoms with van der Waals surface area (Å²) in [4.78, 5) is 2.49. The summed E-state index contributed by atoms with van der Waals surface area (Å²) in [5, 5.41) is 19.1. The van der Waals surface area contributed by atoms with Crippen molar-refractivity contribution in [3.63, 3.8) is 0 Å². The molecule has 0 radical (unpaired) electrons. The molecule has 1 aliphatic heterocycles. The Morgan fingerprint density at radius 2 is 1.71 bits per heavy atom. The van der Waals surface area contributed by atoms with Crippen LogP contribution in [0.1, 0.15) is 51.4 Å². The van der Waals surface area contributed by atoms with Gasteiger partial charge in [0.05, 0.1) is 23.3 Å². The molecule has 2 fully saturated rings. The summed E-state index contributed by atoms with van der Waals surface area (Å²) in [5.41, 5.74) is 2.79. The van der Waals surface area contributed by atoms with Gasteiger partial charge in [-0.2, -0.15) is 10.5 Å². The molecule has 0 N–H and O–H groups in total. The molecule has 2 atom stereocenters. The second-order valence-electron chi connectivity index (χ2n) is 6.52. The minimum atomic E-state index is 0.169. The zero-order valence-corrected chi connectivity index (χ0v) is 12.6. The Morgan fingerprint density at radius 1 is 0.952 bits per heavy atom. The summed E-state index contributed by atoms with van der Waals surface area (Å²) in [7, 11) is 0. The zero-order valence-electron chi connectivity index (χ0n) is 12.6. The molecule has 1 heterocycles. The van der Waals surface area contributed by atoms with E-state index in [0.29, 0.717) is 11.5 Å². The van der Waals surface area contributed by atoms with Crippen molar-refractivity contribution in [1.29, 1.82) is 10.5 Å². The van der Waals surface area contributed by atoms with Crippen molar-refractivity contribution in [1.82, 2.24) is 4.90 Å². The van der Waals surface area contributed by atoms with Gasteiger partial charge in [0.15, 0.2) is 0 Å². The van der Waals surface area contributed by atoms with Crippen molar-refractivity contribution in [2.45, 2.75) is 57.4 Å². The summed E-state index contributed by atoms with van der Waals surface area (Å²) in [6, 6.07) is 4.83. The van der Waals surface area contributed by atoms with Crippen LogP contribution < -0.4 is 0 Å². The number of hydrogen-bond donors (Lipinski definition) is 0. The first kappa shape index (κ1) is 14.4. The third kappa shape index (κ3) is 2.76. The predicted octanol–water partition coefficient (Wildman–Crippen LogP) is 3.70. The molecule has 1 saturated heterocycles. The van der Waals surface area contributed by atoms with Crippen molar-refractivity contribution >= 4 is 0 Å². The second-order valence-corrected chi connectivity index (χ2v) is 6.52. The summed E-state index contributed by atoms with van der Waals surface area (Å²) >= 11 is 0. The number of nitriles is 2. The molecule has 0 aromatic carbocycles. The monoisotopic (exact) mass is 281 g/mol. The number of piperidine rings is 1. The highest BCUT2D eigenvalue weighted by atomic mass is 15.2. The lowest BCUT2D eigenvalue weighted by molar-refractivity contribution is 0.148. The lowest BCUT2D eigenvalue weighted by atomic mass is 9.76. The van der Waals surface area contributed by atoms with Gasteiger partial charge >= 0.3 is 0 Å². The molecular formula is C18H23N3. The van der Waals surface area contributed by atoms with Gasteiger partial charge in [0, 0.05) is 5.92 Å². The van der Waals surface area contributed by atoms with E-state index in [1.54, 1.807) is 0 Å². The molecule has 0 aromatic heterocycles. The molecule has 21 heavy (non-hydrogen) atoms. The van der Waals surface area contributed by atoms with Gasteiger partial charge in [-0.15, -0.1) is 0 Å². The predicted molar refractivity (Wildman–Crippen MR) is 82.1 cm³/mol. The van der Waals surface area contributed by atoms with Gasteiger partial charge < -0.3 is 0 Å². The Morgan fingerprint density at radius 3 is 2.43 bits per heavy atom. The number of fused-ring (bicyclic) bond motifs is 1. The lowest BCUT2D eigenvalue weighted by Gasteiger charge is -2.41. The molecule has 0 spiro atoms. The van der Waals surface area contributed by atoms with Crippen LogP contribution in [0.2, 0.25) is 0 Å². The number of likely N-dealkylation sites (tertiary alicyclic amines) is 1. The maximum Gasteiger partial charge on any atom is 0.100 e. The van der Waals surface area contributed by atoms with Gasteiger partial charge in [0.25, 0.3) is 0 Å². The van der Waals surface area contributed by atoms with Gasteiger partial charge in [-0.1, -0.05) is 24.8 Å². The van der Waals surface area contributed by atoms with E-state index < -0.39 is 0 Å². The highest BCUT2D eigenvalue weighted by Gasteiger charge is 2.38. The summed E-state index contributed by atoms with van der Waals surface area (Å²) in [5.74, 6) is 0.470. The molecule has 3 heteroatoms. The van der Waals surface area contributed by atoms with E-state index >= 15 is 0 Å². The van der Waals surface area contributed by atoms with Crippen LogP contribution in [0.15, 0.2) is 22.8 Å². The van der Waals surface area contributed by atoms with Crippen LogP contribution in [-0.4, -0.2) is 24.0 Å². The number of nitrogens with zero attached hydrogens (tertiary/aromatic N) is 3. The number of hydrogen-bond acceptors (Lipinski definition) is 3. The molecule has 0 bridgehead atoms. The fraction of sp³-hybridized carbons (Fsp3) is 0.667. The molecule has 110 valence electrons. The van der Waals surface area contributed by atoms with Crippen molar-refractivity contribution < 1.29 is 0 Å². The molecule has 1 unspecified atom stereocenters. The quantitative estimate of drug-likeness (QED) is 0.736. The molecule has 0 amide bonds. The number of rotatable bonds is 1. The lowest BCUT2D eigenvalue weighted by Crippen LogP contribution is -2.46. The maximum atomic E-state index is 9.64. The van der Waals surface area contributed by atoms with Crippen LogP contribution in [0.25, 0.3) is 0 Å². The molecule has 2 aliphatic carbocycles. The smallest absolute Gasteiger partial charge is 0.100 e. The van der Waals surface area contributed by atoms with E-state index in [4.69, 9.17) is 0 Å². The van der Waals surface area contributed by atoms with Crippen LogP contribution >= 0.6 is 0 Å². The third-order valence-electron chi connectivity index (χ3n) is 5.28. The summed E-state index contributed by atoms with van der Waals surface area (Å²) in [6.45, 7) is 2.16. The fourth-order valence-electron chi connectivity index (χ4n) is 4.26. The highest BCUT2D eigenvalue weighted by Crippen LogP contribution is 2.41. The van der Waals surface area contributed by atoms with E-state index in [1.165, 1.54) is 50.5 Å². The Bertz CT molecular complexity index is 538. The van der Waals surface area contributed by atoms with Crippen molar-refractivity contribution in [3.8, 4) is 12.1 Å². The molecule has 1 saturated carbocycles. The molecule has 3 rings (SSSR count). The van der Waals surface area contributed by atoms with E-state index in [0.717, 1.165) is 25.1 Å². The van der Waals surface area contributed by atoms with Gasteiger partial charge in [-0.05, 0) is 51.3 Å². The molecule has 0 aromatic rings. The van der Waals surface area contributed by atoms with Gasteiger partial charge in [0.1, 0.15) is 6.07 Å². The van der Waals surface area contributed by atoms with E-state index in [2.05, 4.69) is 17.0 Å². The van der Waals surface area contributed by atoms with E-state index in [9.17, 15) is 10.5 Å². The zero-order chi connectivity index (χ0) is 14.7. The van der Waals surface area contributed by atoms with Crippen LogP contribution in [-0.2, 0) is 0 Å². The topological polar surface area (TPSA) is 50.8 Å². The third-order valence-corrected chi connectivity index (χ3v) is 5.28. The Kier molecular flexibility index (Phi) is 4.42. The van der Waals surface area contributed by atoms with Crippen molar-refractivity contribution in [2.24, 2.45) is 5.92 Å². The minimum Gasteiger partial charge on any atom is -0.295 e. The first-order valence-corrected chi connectivity index (χ1v) is 8.34. The Hall–Kier alpha value is -1.58. The van der Waals surface area contributed by atoms with Crippen LogP contribution in [0.5, 0.6) is 0 Å².